The molecule has 1 saturated heterocycles. The lowest BCUT2D eigenvalue weighted by Gasteiger charge is -2.32. The van der Waals surface area contributed by atoms with Crippen molar-refractivity contribution in [3.8, 4) is 5.75 Å². The highest BCUT2D eigenvalue weighted by Gasteiger charge is 2.24. The van der Waals surface area contributed by atoms with Crippen LogP contribution in [0.4, 0.5) is 0 Å². The van der Waals surface area contributed by atoms with Crippen molar-refractivity contribution in [1.82, 2.24) is 10.2 Å². The van der Waals surface area contributed by atoms with Crippen LogP contribution in [-0.2, 0) is 19.7 Å². The Morgan fingerprint density at radius 2 is 1.89 bits per heavy atom. The number of nitrogens with one attached hydrogen (secondary N) is 1. The van der Waals surface area contributed by atoms with Gasteiger partial charge in [0.05, 0.1) is 13.0 Å². The van der Waals surface area contributed by atoms with E-state index >= 15 is 0 Å². The van der Waals surface area contributed by atoms with Gasteiger partial charge in [-0.15, -0.1) is 0 Å². The first-order valence-electron chi connectivity index (χ1n) is 10.0. The Labute approximate surface area is 168 Å². The lowest BCUT2D eigenvalue weighted by molar-refractivity contribution is -0.133. The fraction of sp³-hybridized carbons (Fsp3) is 0.636. The molecule has 156 valence electrons. The smallest absolute Gasteiger partial charge is 0.258 e. The highest BCUT2D eigenvalue weighted by Crippen LogP contribution is 2.32. The molecule has 1 N–H and O–H groups in total. The van der Waals surface area contributed by atoms with E-state index in [4.69, 9.17) is 9.47 Å². The van der Waals surface area contributed by atoms with Crippen LogP contribution in [0.2, 0.25) is 0 Å². The summed E-state index contributed by atoms with van der Waals surface area (Å²) in [5.41, 5.74) is 2.22. The van der Waals surface area contributed by atoms with Crippen LogP contribution < -0.4 is 10.1 Å². The number of piperidine rings is 1. The number of nitrogens with zero attached hydrogens (tertiary/aromatic N) is 1. The van der Waals surface area contributed by atoms with Gasteiger partial charge in [-0.05, 0) is 36.8 Å². The molecular weight excluding hydrogens is 356 g/mol. The van der Waals surface area contributed by atoms with E-state index in [9.17, 15) is 9.59 Å². The number of aryl methyl sites for hydroxylation is 1. The van der Waals surface area contributed by atoms with E-state index in [2.05, 4.69) is 39.1 Å². The van der Waals surface area contributed by atoms with Crippen molar-refractivity contribution in [2.75, 3.05) is 33.4 Å². The number of benzene rings is 1. The van der Waals surface area contributed by atoms with Crippen LogP contribution in [0, 0.1) is 6.92 Å². The van der Waals surface area contributed by atoms with Gasteiger partial charge in [-0.2, -0.15) is 0 Å². The van der Waals surface area contributed by atoms with Gasteiger partial charge in [-0.3, -0.25) is 9.59 Å². The average molecular weight is 391 g/mol. The summed E-state index contributed by atoms with van der Waals surface area (Å²) in [6, 6.07) is 6.14. The molecule has 1 aliphatic rings. The summed E-state index contributed by atoms with van der Waals surface area (Å²) in [6.07, 6.45) is 1.94. The van der Waals surface area contributed by atoms with E-state index in [-0.39, 0.29) is 29.9 Å². The molecule has 6 nitrogen and oxygen atoms in total. The predicted octanol–water partition coefficient (Wildman–Crippen LogP) is 2.82. The highest BCUT2D eigenvalue weighted by molar-refractivity contribution is 5.78. The molecule has 0 aliphatic carbocycles. The Morgan fingerprint density at radius 3 is 2.50 bits per heavy atom. The van der Waals surface area contributed by atoms with E-state index in [1.165, 1.54) is 5.56 Å². The molecule has 1 aromatic carbocycles. The van der Waals surface area contributed by atoms with Gasteiger partial charge in [0.1, 0.15) is 5.75 Å². The highest BCUT2D eigenvalue weighted by atomic mass is 16.5. The number of hydrogen-bond donors (Lipinski definition) is 1. The minimum absolute atomic E-state index is 0.000868. The Balaban J connectivity index is 1.81. The summed E-state index contributed by atoms with van der Waals surface area (Å²) in [5, 5.41) is 3.03. The topological polar surface area (TPSA) is 67.9 Å². The average Bonchev–Trinajstić information content (AvgIpc) is 2.65. The lowest BCUT2D eigenvalue weighted by Crippen LogP contribution is -2.47. The molecule has 0 radical (unpaired) electrons. The molecule has 28 heavy (non-hydrogen) atoms. The van der Waals surface area contributed by atoms with E-state index in [1.807, 2.05) is 17.0 Å². The van der Waals surface area contributed by atoms with Crippen molar-refractivity contribution < 1.29 is 19.1 Å². The molecular formula is C22H34N2O4. The number of carbonyl (C=O) groups excluding carboxylic acids is 2. The zero-order valence-corrected chi connectivity index (χ0v) is 17.8. The second kappa shape index (κ2) is 9.92. The molecule has 0 saturated carbocycles. The Bertz CT molecular complexity index is 674. The summed E-state index contributed by atoms with van der Waals surface area (Å²) in [6.45, 7) is 10.2. The van der Waals surface area contributed by atoms with Gasteiger partial charge in [0.2, 0.25) is 5.91 Å². The number of carbonyl (C=O) groups is 2. The fourth-order valence-electron chi connectivity index (χ4n) is 3.39. The van der Waals surface area contributed by atoms with Crippen LogP contribution in [0.15, 0.2) is 18.2 Å². The van der Waals surface area contributed by atoms with Gasteiger partial charge >= 0.3 is 0 Å². The zero-order chi connectivity index (χ0) is 20.7. The lowest BCUT2D eigenvalue weighted by atomic mass is 9.85. The number of likely N-dealkylation sites (tertiary alicyclic amines) is 1. The van der Waals surface area contributed by atoms with Crippen LogP contribution in [0.1, 0.15) is 51.2 Å². The molecule has 2 rings (SSSR count). The van der Waals surface area contributed by atoms with E-state index in [0.717, 1.165) is 24.2 Å². The van der Waals surface area contributed by atoms with Gasteiger partial charge in [0.25, 0.3) is 5.91 Å². The summed E-state index contributed by atoms with van der Waals surface area (Å²) in [4.78, 5) is 26.2. The largest absolute Gasteiger partial charge is 0.483 e. The van der Waals surface area contributed by atoms with Crippen molar-refractivity contribution in [2.45, 2.75) is 58.4 Å². The van der Waals surface area contributed by atoms with Crippen molar-refractivity contribution in [3.63, 3.8) is 0 Å². The number of ether oxygens (including phenoxy) is 2. The number of methoxy groups -OCH3 is 1. The van der Waals surface area contributed by atoms with Crippen molar-refractivity contribution in [2.24, 2.45) is 0 Å². The molecule has 1 aliphatic heterocycles. The van der Waals surface area contributed by atoms with Crippen molar-refractivity contribution >= 4 is 11.8 Å². The maximum Gasteiger partial charge on any atom is 0.258 e. The van der Waals surface area contributed by atoms with Crippen LogP contribution in [-0.4, -0.2) is 56.2 Å². The zero-order valence-electron chi connectivity index (χ0n) is 17.8. The Morgan fingerprint density at radius 1 is 1.21 bits per heavy atom. The molecule has 1 fully saturated rings. The Kier molecular flexibility index (Phi) is 7.87. The summed E-state index contributed by atoms with van der Waals surface area (Å²) in [7, 11) is 1.60. The van der Waals surface area contributed by atoms with Gasteiger partial charge in [-0.1, -0.05) is 38.5 Å². The van der Waals surface area contributed by atoms with Crippen LogP contribution in [0.3, 0.4) is 0 Å². The van der Waals surface area contributed by atoms with Crippen molar-refractivity contribution in [1.29, 1.82) is 0 Å². The first-order valence-corrected chi connectivity index (χ1v) is 10.0. The summed E-state index contributed by atoms with van der Waals surface area (Å²) in [5.74, 6) is 0.750. The quantitative estimate of drug-likeness (QED) is 0.777. The first kappa shape index (κ1) is 22.2. The van der Waals surface area contributed by atoms with Crippen molar-refractivity contribution in [3.05, 3.63) is 29.3 Å². The minimum atomic E-state index is -0.121. The van der Waals surface area contributed by atoms with Crippen LogP contribution in [0.25, 0.3) is 0 Å². The van der Waals surface area contributed by atoms with Gasteiger partial charge in [-0.25, -0.2) is 0 Å². The van der Waals surface area contributed by atoms with Crippen LogP contribution in [0.5, 0.6) is 5.75 Å². The van der Waals surface area contributed by atoms with E-state index in [0.29, 0.717) is 26.1 Å². The summed E-state index contributed by atoms with van der Waals surface area (Å²) >= 11 is 0. The molecule has 1 heterocycles. The molecule has 1 aromatic rings. The molecule has 6 heteroatoms. The fourth-order valence-corrected chi connectivity index (χ4v) is 3.39. The monoisotopic (exact) mass is 390 g/mol. The Hall–Kier alpha value is -2.08. The third-order valence-corrected chi connectivity index (χ3v) is 5.03. The van der Waals surface area contributed by atoms with Gasteiger partial charge < -0.3 is 19.7 Å². The standard InChI is InChI=1S/C22H34N2O4/c1-16-6-7-19(18(14-16)22(2,3)4)28-15-20(25)23-17-8-11-24(12-9-17)21(26)10-13-27-5/h6-7,14,17H,8-13,15H2,1-5H3,(H,23,25). The van der Waals surface area contributed by atoms with Gasteiger partial charge in [0, 0.05) is 26.2 Å². The SMILES string of the molecule is COCCC(=O)N1CCC(NC(=O)COc2ccc(C)cc2C(C)(C)C)CC1. The maximum atomic E-state index is 12.3. The third-order valence-electron chi connectivity index (χ3n) is 5.03. The van der Waals surface area contributed by atoms with Gasteiger partial charge in [0.15, 0.2) is 6.61 Å². The first-order chi connectivity index (χ1) is 13.2. The second-order valence-electron chi connectivity index (χ2n) is 8.50. The molecule has 0 bridgehead atoms. The van der Waals surface area contributed by atoms with E-state index in [1.54, 1.807) is 7.11 Å². The molecule has 0 aromatic heterocycles. The maximum absolute atomic E-state index is 12.3. The molecule has 0 atom stereocenters. The molecule has 0 unspecified atom stereocenters. The van der Waals surface area contributed by atoms with E-state index < -0.39 is 0 Å². The number of amides is 2. The minimum Gasteiger partial charge on any atom is -0.483 e. The normalized spacial score (nSPS) is 15.4. The third kappa shape index (κ3) is 6.51. The van der Waals surface area contributed by atoms with Crippen LogP contribution >= 0.6 is 0 Å². The molecule has 0 spiro atoms. The molecule has 2 amide bonds. The second-order valence-corrected chi connectivity index (χ2v) is 8.50. The number of hydrogen-bond acceptors (Lipinski definition) is 4. The number of rotatable bonds is 7. The predicted molar refractivity (Wildman–Crippen MR) is 110 cm³/mol. The summed E-state index contributed by atoms with van der Waals surface area (Å²) < 4.78 is 10.8.